The molecule has 1 nitrogen and oxygen atoms in total. The first-order chi connectivity index (χ1) is 3.73. The van der Waals surface area contributed by atoms with Gasteiger partial charge >= 0.3 is 0 Å². The van der Waals surface area contributed by atoms with Gasteiger partial charge in [0.05, 0.1) is 0 Å². The zero-order valence-corrected chi connectivity index (χ0v) is 5.91. The van der Waals surface area contributed by atoms with Gasteiger partial charge in [0.25, 0.3) is 0 Å². The number of piperidine rings is 1. The largest absolute Gasteiger partial charge is 0.316 e. The Balaban J connectivity index is 2.13. The van der Waals surface area contributed by atoms with E-state index in [-0.39, 0.29) is 11.8 Å². The third-order valence-electron chi connectivity index (χ3n) is 2.09. The molecule has 0 aromatic carbocycles. The van der Waals surface area contributed by atoms with Crippen molar-refractivity contribution in [1.29, 1.82) is 0 Å². The van der Waals surface area contributed by atoms with E-state index in [1.54, 1.807) is 0 Å². The maximum Gasteiger partial charge on any atom is 0.174 e. The van der Waals surface area contributed by atoms with Gasteiger partial charge < -0.3 is 5.32 Å². The molecule has 1 aliphatic heterocycles. The maximum atomic E-state index is 12.8. The van der Waals surface area contributed by atoms with Crippen molar-refractivity contribution >= 4 is 15.9 Å². The van der Waals surface area contributed by atoms with Crippen LogP contribution in [0.3, 0.4) is 0 Å². The molecule has 1 saturated heterocycles. The molecule has 2 atom stereocenters. The van der Waals surface area contributed by atoms with Crippen LogP contribution in [-0.4, -0.2) is 17.7 Å². The summed E-state index contributed by atoms with van der Waals surface area (Å²) in [5.41, 5.74) is 0. The molecule has 2 aliphatic rings. The topological polar surface area (TPSA) is 12.0 Å². The number of hydrogen-bond acceptors (Lipinski definition) is 1. The Morgan fingerprint density at radius 2 is 2.00 bits per heavy atom. The zero-order chi connectivity index (χ0) is 5.78. The summed E-state index contributed by atoms with van der Waals surface area (Å²) in [4.78, 5) is 0. The molecule has 3 heteroatoms. The van der Waals surface area contributed by atoms with Crippen LogP contribution in [0.4, 0.5) is 4.39 Å². The molecule has 0 aromatic heterocycles. The molecule has 1 saturated carbocycles. The molecule has 1 N–H and O–H groups in total. The Hall–Kier alpha value is 0.370. The molecule has 0 radical (unpaired) electrons. The van der Waals surface area contributed by atoms with Gasteiger partial charge in [-0.3, -0.25) is 0 Å². The lowest BCUT2D eigenvalue weighted by atomic mass is 10.4. The van der Waals surface area contributed by atoms with Gasteiger partial charge in [-0.05, 0) is 15.9 Å². The van der Waals surface area contributed by atoms with Crippen molar-refractivity contribution < 1.29 is 4.39 Å². The van der Waals surface area contributed by atoms with Crippen LogP contribution in [0, 0.1) is 11.8 Å². The molecular weight excluding hydrogens is 173 g/mol. The molecule has 46 valence electrons. The van der Waals surface area contributed by atoms with Crippen LogP contribution in [0.1, 0.15) is 0 Å². The smallest absolute Gasteiger partial charge is 0.174 e. The van der Waals surface area contributed by atoms with Gasteiger partial charge in [-0.25, -0.2) is 4.39 Å². The third kappa shape index (κ3) is 0.443. The van der Waals surface area contributed by atoms with Gasteiger partial charge in [0.2, 0.25) is 0 Å². The molecule has 1 aliphatic carbocycles. The minimum Gasteiger partial charge on any atom is -0.316 e. The van der Waals surface area contributed by atoms with Crippen molar-refractivity contribution in [3.63, 3.8) is 0 Å². The SMILES string of the molecule is FC1(Br)C2CNCC21. The minimum absolute atomic E-state index is 0.266. The summed E-state index contributed by atoms with van der Waals surface area (Å²) in [5, 5.41) is 3.11. The van der Waals surface area contributed by atoms with Crippen molar-refractivity contribution in [2.24, 2.45) is 11.8 Å². The molecule has 1 heterocycles. The van der Waals surface area contributed by atoms with Crippen LogP contribution in [0.25, 0.3) is 0 Å². The summed E-state index contributed by atoms with van der Waals surface area (Å²) in [6.45, 7) is 1.71. The monoisotopic (exact) mass is 179 g/mol. The first kappa shape index (κ1) is 5.18. The van der Waals surface area contributed by atoms with E-state index < -0.39 is 4.58 Å². The summed E-state index contributed by atoms with van der Waals surface area (Å²) < 4.78 is 11.8. The maximum absolute atomic E-state index is 12.8. The highest BCUT2D eigenvalue weighted by Crippen LogP contribution is 2.59. The van der Waals surface area contributed by atoms with Gasteiger partial charge in [0.15, 0.2) is 4.58 Å². The highest BCUT2D eigenvalue weighted by Gasteiger charge is 2.66. The lowest BCUT2D eigenvalue weighted by molar-refractivity contribution is 0.374. The number of fused-ring (bicyclic) bond motifs is 1. The Bertz CT molecular complexity index is 114. The number of alkyl halides is 2. The highest BCUT2D eigenvalue weighted by atomic mass is 79.9. The van der Waals surface area contributed by atoms with E-state index in [1.807, 2.05) is 0 Å². The van der Waals surface area contributed by atoms with Crippen LogP contribution in [0.2, 0.25) is 0 Å². The molecule has 0 spiro atoms. The van der Waals surface area contributed by atoms with E-state index >= 15 is 0 Å². The lowest BCUT2D eigenvalue weighted by Gasteiger charge is -2.00. The van der Waals surface area contributed by atoms with E-state index in [1.165, 1.54) is 0 Å². The Morgan fingerprint density at radius 1 is 1.50 bits per heavy atom. The average Bonchev–Trinajstić information content (AvgIpc) is 2.22. The normalized spacial score (nSPS) is 60.8. The standard InChI is InChI=1S/C5H7BrFN/c6-5(7)3-1-8-2-4(3)5/h3-4,8H,1-2H2. The molecule has 2 fully saturated rings. The third-order valence-corrected chi connectivity index (χ3v) is 3.27. The zero-order valence-electron chi connectivity index (χ0n) is 4.32. The number of hydrogen-bond donors (Lipinski definition) is 1. The summed E-state index contributed by atoms with van der Waals surface area (Å²) in [6.07, 6.45) is 0. The highest BCUT2D eigenvalue weighted by molar-refractivity contribution is 9.10. The fraction of sp³-hybridized carbons (Fsp3) is 1.00. The Kier molecular flexibility index (Phi) is 0.819. The Morgan fingerprint density at radius 3 is 2.25 bits per heavy atom. The predicted octanol–water partition coefficient (Wildman–Crippen LogP) is 0.896. The van der Waals surface area contributed by atoms with E-state index in [9.17, 15) is 4.39 Å². The van der Waals surface area contributed by atoms with Crippen molar-refractivity contribution in [3.8, 4) is 0 Å². The molecule has 2 rings (SSSR count). The molecular formula is C5H7BrFN. The van der Waals surface area contributed by atoms with E-state index in [4.69, 9.17) is 0 Å². The van der Waals surface area contributed by atoms with Crippen molar-refractivity contribution in [2.75, 3.05) is 13.1 Å². The first-order valence-electron chi connectivity index (χ1n) is 2.81. The first-order valence-corrected chi connectivity index (χ1v) is 3.61. The van der Waals surface area contributed by atoms with Crippen LogP contribution >= 0.6 is 15.9 Å². The van der Waals surface area contributed by atoms with Crippen molar-refractivity contribution in [2.45, 2.75) is 4.58 Å². The van der Waals surface area contributed by atoms with Crippen molar-refractivity contribution in [1.82, 2.24) is 5.32 Å². The van der Waals surface area contributed by atoms with Gasteiger partial charge in [0, 0.05) is 24.9 Å². The van der Waals surface area contributed by atoms with Crippen LogP contribution in [0.5, 0.6) is 0 Å². The molecule has 8 heavy (non-hydrogen) atoms. The average molecular weight is 180 g/mol. The molecule has 0 aromatic rings. The van der Waals surface area contributed by atoms with E-state index in [0.717, 1.165) is 13.1 Å². The van der Waals surface area contributed by atoms with Gasteiger partial charge in [-0.15, -0.1) is 0 Å². The van der Waals surface area contributed by atoms with E-state index in [2.05, 4.69) is 21.2 Å². The van der Waals surface area contributed by atoms with Gasteiger partial charge in [-0.2, -0.15) is 0 Å². The summed E-state index contributed by atoms with van der Waals surface area (Å²) in [6, 6.07) is 0. The summed E-state index contributed by atoms with van der Waals surface area (Å²) in [5.74, 6) is 0.532. The summed E-state index contributed by atoms with van der Waals surface area (Å²) >= 11 is 3.02. The van der Waals surface area contributed by atoms with Crippen LogP contribution in [0.15, 0.2) is 0 Å². The minimum atomic E-state index is -0.988. The van der Waals surface area contributed by atoms with Gasteiger partial charge in [-0.1, -0.05) is 0 Å². The van der Waals surface area contributed by atoms with Crippen LogP contribution < -0.4 is 5.32 Å². The molecule has 0 amide bonds. The second-order valence-corrected chi connectivity index (χ2v) is 3.76. The Labute approximate surface area is 55.8 Å². The lowest BCUT2D eigenvalue weighted by Crippen LogP contribution is -2.18. The number of halogens is 2. The fourth-order valence-electron chi connectivity index (χ4n) is 1.41. The van der Waals surface area contributed by atoms with Crippen LogP contribution in [-0.2, 0) is 0 Å². The van der Waals surface area contributed by atoms with Crippen molar-refractivity contribution in [3.05, 3.63) is 0 Å². The number of rotatable bonds is 0. The molecule has 0 bridgehead atoms. The quantitative estimate of drug-likeness (QED) is 0.546. The second kappa shape index (κ2) is 1.27. The van der Waals surface area contributed by atoms with Gasteiger partial charge in [0.1, 0.15) is 0 Å². The number of nitrogens with one attached hydrogen (secondary N) is 1. The second-order valence-electron chi connectivity index (χ2n) is 2.55. The summed E-state index contributed by atoms with van der Waals surface area (Å²) in [7, 11) is 0. The molecule has 2 unspecified atom stereocenters. The van der Waals surface area contributed by atoms with E-state index in [0.29, 0.717) is 0 Å². The fourth-order valence-corrected chi connectivity index (χ4v) is 2.24. The predicted molar refractivity (Wildman–Crippen MR) is 32.6 cm³/mol.